The highest BCUT2D eigenvalue weighted by molar-refractivity contribution is 7.13. The predicted octanol–water partition coefficient (Wildman–Crippen LogP) is 3.31. The van der Waals surface area contributed by atoms with Crippen LogP contribution in [0, 0.1) is 0 Å². The first-order valence-electron chi connectivity index (χ1n) is 7.71. The highest BCUT2D eigenvalue weighted by Crippen LogP contribution is 2.26. The van der Waals surface area contributed by atoms with E-state index in [0.29, 0.717) is 29.2 Å². The fourth-order valence-electron chi connectivity index (χ4n) is 2.95. The van der Waals surface area contributed by atoms with Gasteiger partial charge >= 0.3 is 0 Å². The number of nitrogens with zero attached hydrogens (tertiary/aromatic N) is 4. The van der Waals surface area contributed by atoms with Crippen molar-refractivity contribution in [1.82, 2.24) is 14.9 Å². The van der Waals surface area contributed by atoms with Gasteiger partial charge in [-0.2, -0.15) is 0 Å². The average Bonchev–Trinajstić information content (AvgIpc) is 3.17. The van der Waals surface area contributed by atoms with E-state index in [4.69, 9.17) is 11.6 Å². The molecule has 3 aromatic rings. The van der Waals surface area contributed by atoms with Gasteiger partial charge in [-0.15, -0.1) is 11.3 Å². The van der Waals surface area contributed by atoms with Crippen molar-refractivity contribution >= 4 is 44.9 Å². The molecule has 3 heterocycles. The number of hydrogen-bond acceptors (Lipinski definition) is 5. The van der Waals surface area contributed by atoms with Crippen LogP contribution in [-0.2, 0) is 0 Å². The van der Waals surface area contributed by atoms with E-state index in [1.54, 1.807) is 29.7 Å². The summed E-state index contributed by atoms with van der Waals surface area (Å²) in [5.41, 5.74) is 1.27. The molecule has 1 amide bonds. The zero-order chi connectivity index (χ0) is 16.5. The molecule has 0 radical (unpaired) electrons. The molecule has 5 nitrogen and oxygen atoms in total. The number of anilines is 1. The van der Waals surface area contributed by atoms with Crippen molar-refractivity contribution in [3.05, 3.63) is 52.6 Å². The predicted molar refractivity (Wildman–Crippen MR) is 97.0 cm³/mol. The maximum Gasteiger partial charge on any atom is 0.256 e. The summed E-state index contributed by atoms with van der Waals surface area (Å²) in [6, 6.07) is 7.26. The number of thiazole rings is 1. The van der Waals surface area contributed by atoms with Gasteiger partial charge in [-0.25, -0.2) is 4.98 Å². The number of hydrogen-bond donors (Lipinski definition) is 0. The average molecular weight is 359 g/mol. The van der Waals surface area contributed by atoms with E-state index >= 15 is 0 Å². The highest BCUT2D eigenvalue weighted by atomic mass is 35.5. The summed E-state index contributed by atoms with van der Waals surface area (Å²) < 4.78 is 0. The summed E-state index contributed by atoms with van der Waals surface area (Å²) in [5, 5.41) is 4.41. The minimum absolute atomic E-state index is 0.00848. The lowest BCUT2D eigenvalue weighted by Gasteiger charge is -2.34. The van der Waals surface area contributed by atoms with Crippen LogP contribution in [0.25, 0.3) is 10.9 Å². The summed E-state index contributed by atoms with van der Waals surface area (Å²) in [4.78, 5) is 25.7. The molecule has 24 heavy (non-hydrogen) atoms. The lowest BCUT2D eigenvalue weighted by atomic mass is 10.1. The van der Waals surface area contributed by atoms with Gasteiger partial charge < -0.3 is 9.80 Å². The smallest absolute Gasteiger partial charge is 0.256 e. The minimum Gasteiger partial charge on any atom is -0.345 e. The van der Waals surface area contributed by atoms with Crippen LogP contribution in [0.15, 0.2) is 42.0 Å². The standard InChI is InChI=1S/C17H15ClN4OS/c18-14-4-3-13(15-12(14)2-1-5-19-15)16(23)21-7-9-22(10-8-21)17-20-6-11-24-17/h1-6,11H,7-10H2. The molecule has 122 valence electrons. The molecular weight excluding hydrogens is 344 g/mol. The van der Waals surface area contributed by atoms with Crippen molar-refractivity contribution in [3.8, 4) is 0 Å². The first-order chi connectivity index (χ1) is 11.7. The van der Waals surface area contributed by atoms with Gasteiger partial charge in [0.25, 0.3) is 5.91 Å². The molecule has 0 aliphatic carbocycles. The monoisotopic (exact) mass is 358 g/mol. The molecule has 0 spiro atoms. The Hall–Kier alpha value is -2.18. The SMILES string of the molecule is O=C(c1ccc(Cl)c2cccnc12)N1CCN(c2nccs2)CC1. The highest BCUT2D eigenvalue weighted by Gasteiger charge is 2.25. The normalized spacial score (nSPS) is 15.0. The van der Waals surface area contributed by atoms with Crippen molar-refractivity contribution in [3.63, 3.8) is 0 Å². The Labute approximate surface area is 148 Å². The Balaban J connectivity index is 1.56. The van der Waals surface area contributed by atoms with Crippen LogP contribution in [-0.4, -0.2) is 47.0 Å². The second-order valence-electron chi connectivity index (χ2n) is 5.59. The molecule has 0 bridgehead atoms. The van der Waals surface area contributed by atoms with E-state index in [1.165, 1.54) is 0 Å². The van der Waals surface area contributed by atoms with E-state index in [0.717, 1.165) is 23.6 Å². The first-order valence-corrected chi connectivity index (χ1v) is 8.97. The Morgan fingerprint density at radius 3 is 2.67 bits per heavy atom. The van der Waals surface area contributed by atoms with Gasteiger partial charge in [0.1, 0.15) is 0 Å². The lowest BCUT2D eigenvalue weighted by Crippen LogP contribution is -2.48. The summed E-state index contributed by atoms with van der Waals surface area (Å²) in [5.74, 6) is 0.00848. The number of fused-ring (bicyclic) bond motifs is 1. The largest absolute Gasteiger partial charge is 0.345 e. The molecular formula is C17H15ClN4OS. The van der Waals surface area contributed by atoms with Gasteiger partial charge in [-0.1, -0.05) is 11.6 Å². The van der Waals surface area contributed by atoms with E-state index in [9.17, 15) is 4.79 Å². The van der Waals surface area contributed by atoms with Crippen LogP contribution in [0.2, 0.25) is 5.02 Å². The third kappa shape index (κ3) is 2.72. The number of amides is 1. The van der Waals surface area contributed by atoms with Crippen molar-refractivity contribution in [1.29, 1.82) is 0 Å². The number of piperazine rings is 1. The van der Waals surface area contributed by atoms with E-state index in [2.05, 4.69) is 14.9 Å². The van der Waals surface area contributed by atoms with Crippen LogP contribution in [0.5, 0.6) is 0 Å². The number of benzene rings is 1. The quantitative estimate of drug-likeness (QED) is 0.705. The maximum absolute atomic E-state index is 12.9. The zero-order valence-electron chi connectivity index (χ0n) is 12.9. The van der Waals surface area contributed by atoms with Gasteiger partial charge in [0.2, 0.25) is 0 Å². The third-order valence-corrected chi connectivity index (χ3v) is 5.37. The Morgan fingerprint density at radius 2 is 1.92 bits per heavy atom. The molecule has 0 atom stereocenters. The molecule has 1 aliphatic rings. The Bertz CT molecular complexity index is 875. The lowest BCUT2D eigenvalue weighted by molar-refractivity contribution is 0.0748. The fraction of sp³-hybridized carbons (Fsp3) is 0.235. The van der Waals surface area contributed by atoms with Crippen LogP contribution in [0.3, 0.4) is 0 Å². The molecule has 1 aliphatic heterocycles. The summed E-state index contributed by atoms with van der Waals surface area (Å²) in [7, 11) is 0. The molecule has 1 fully saturated rings. The Kier molecular flexibility index (Phi) is 4.08. The number of aromatic nitrogens is 2. The topological polar surface area (TPSA) is 49.3 Å². The molecule has 7 heteroatoms. The number of rotatable bonds is 2. The van der Waals surface area contributed by atoms with Gasteiger partial charge in [0.05, 0.1) is 16.1 Å². The van der Waals surface area contributed by atoms with Crippen LogP contribution < -0.4 is 4.90 Å². The molecule has 4 rings (SSSR count). The van der Waals surface area contributed by atoms with E-state index in [-0.39, 0.29) is 5.91 Å². The molecule has 1 aromatic carbocycles. The molecule has 0 N–H and O–H groups in total. The van der Waals surface area contributed by atoms with Crippen molar-refractivity contribution in [2.75, 3.05) is 31.1 Å². The summed E-state index contributed by atoms with van der Waals surface area (Å²) >= 11 is 7.84. The van der Waals surface area contributed by atoms with Gasteiger partial charge in [-0.3, -0.25) is 9.78 Å². The third-order valence-electron chi connectivity index (χ3n) is 4.20. The fourth-order valence-corrected chi connectivity index (χ4v) is 3.87. The zero-order valence-corrected chi connectivity index (χ0v) is 14.4. The minimum atomic E-state index is 0.00848. The number of carbonyl (C=O) groups is 1. The number of pyridine rings is 1. The van der Waals surface area contributed by atoms with E-state index < -0.39 is 0 Å². The molecule has 1 saturated heterocycles. The maximum atomic E-state index is 12.9. The second-order valence-corrected chi connectivity index (χ2v) is 6.87. The van der Waals surface area contributed by atoms with Crippen molar-refractivity contribution in [2.24, 2.45) is 0 Å². The van der Waals surface area contributed by atoms with Crippen LogP contribution >= 0.6 is 22.9 Å². The first kappa shape index (κ1) is 15.4. The van der Waals surface area contributed by atoms with Crippen LogP contribution in [0.4, 0.5) is 5.13 Å². The second kappa shape index (κ2) is 6.37. The molecule has 0 saturated carbocycles. The van der Waals surface area contributed by atoms with Crippen molar-refractivity contribution < 1.29 is 4.79 Å². The number of halogens is 1. The van der Waals surface area contributed by atoms with Gasteiger partial charge in [0.15, 0.2) is 5.13 Å². The molecule has 0 unspecified atom stereocenters. The number of carbonyl (C=O) groups excluding carboxylic acids is 1. The van der Waals surface area contributed by atoms with Crippen molar-refractivity contribution in [2.45, 2.75) is 0 Å². The summed E-state index contributed by atoms with van der Waals surface area (Å²) in [6.45, 7) is 2.93. The molecule has 2 aromatic heterocycles. The Morgan fingerprint density at radius 1 is 1.08 bits per heavy atom. The van der Waals surface area contributed by atoms with E-state index in [1.807, 2.05) is 28.6 Å². The van der Waals surface area contributed by atoms with Gasteiger partial charge in [0, 0.05) is 49.3 Å². The van der Waals surface area contributed by atoms with Crippen LogP contribution in [0.1, 0.15) is 10.4 Å². The van der Waals surface area contributed by atoms with Gasteiger partial charge in [-0.05, 0) is 24.3 Å². The summed E-state index contributed by atoms with van der Waals surface area (Å²) in [6.07, 6.45) is 3.50.